The molecule has 0 aromatic heterocycles. The number of hydrogen-bond donors (Lipinski definition) is 1. The van der Waals surface area contributed by atoms with Crippen molar-refractivity contribution in [3.8, 4) is 0 Å². The summed E-state index contributed by atoms with van der Waals surface area (Å²) in [6.07, 6.45) is -0.0829. The van der Waals surface area contributed by atoms with Crippen molar-refractivity contribution in [3.05, 3.63) is 62.6 Å². The lowest BCUT2D eigenvalue weighted by atomic mass is 10.1. The van der Waals surface area contributed by atoms with Crippen molar-refractivity contribution >= 4 is 58.0 Å². The molecule has 2 aromatic carbocycles. The molecule has 1 aliphatic rings. The largest absolute Gasteiger partial charge is 0.455 e. The summed E-state index contributed by atoms with van der Waals surface area (Å²) in [5.41, 5.74) is 0.659. The lowest BCUT2D eigenvalue weighted by molar-refractivity contribution is -0.384. The van der Waals surface area contributed by atoms with Gasteiger partial charge in [0.15, 0.2) is 6.61 Å². The molecule has 0 aliphatic carbocycles. The van der Waals surface area contributed by atoms with E-state index in [1.54, 1.807) is 6.07 Å². The van der Waals surface area contributed by atoms with E-state index in [0.29, 0.717) is 16.4 Å². The van der Waals surface area contributed by atoms with E-state index in [1.165, 1.54) is 41.3 Å². The maximum absolute atomic E-state index is 12.3. The van der Waals surface area contributed by atoms with Gasteiger partial charge in [-0.3, -0.25) is 24.5 Å². The first-order chi connectivity index (χ1) is 14.2. The van der Waals surface area contributed by atoms with Crippen molar-refractivity contribution in [1.29, 1.82) is 0 Å². The molecule has 1 atom stereocenters. The summed E-state index contributed by atoms with van der Waals surface area (Å²) in [5, 5.41) is 13.9. The number of ether oxygens (including phenoxy) is 1. The lowest BCUT2D eigenvalue weighted by Gasteiger charge is -2.16. The average molecular weight is 452 g/mol. The fraction of sp³-hybridized carbons (Fsp3) is 0.211. The minimum Gasteiger partial charge on any atom is -0.455 e. The van der Waals surface area contributed by atoms with Crippen LogP contribution in [-0.4, -0.2) is 35.9 Å². The van der Waals surface area contributed by atoms with Crippen LogP contribution >= 0.6 is 23.2 Å². The highest BCUT2D eigenvalue weighted by atomic mass is 35.5. The van der Waals surface area contributed by atoms with E-state index in [4.69, 9.17) is 27.9 Å². The molecule has 0 saturated carbocycles. The summed E-state index contributed by atoms with van der Waals surface area (Å²) < 4.78 is 5.02. The third-order valence-electron chi connectivity index (χ3n) is 4.38. The molecule has 0 radical (unpaired) electrons. The Kier molecular flexibility index (Phi) is 6.53. The summed E-state index contributed by atoms with van der Waals surface area (Å²) in [6.45, 7) is -0.486. The predicted octanol–water partition coefficient (Wildman–Crippen LogP) is 3.44. The molecule has 1 N–H and O–H groups in total. The Hall–Kier alpha value is -3.17. The van der Waals surface area contributed by atoms with Crippen molar-refractivity contribution in [1.82, 2.24) is 0 Å². The van der Waals surface area contributed by atoms with Gasteiger partial charge in [-0.2, -0.15) is 0 Å². The van der Waals surface area contributed by atoms with Gasteiger partial charge in [0.25, 0.3) is 11.6 Å². The zero-order valence-electron chi connectivity index (χ0n) is 15.3. The standard InChI is InChI=1S/C19H15Cl2N3O6/c20-12-1-6-16(15(21)8-12)22-17(25)10-30-19(27)11-7-18(26)23(9-11)13-2-4-14(5-3-13)24(28)29/h1-6,8,11H,7,9-10H2,(H,22,25)/t11-/m0/s1. The van der Waals surface area contributed by atoms with Crippen LogP contribution in [0, 0.1) is 16.0 Å². The number of carbonyl (C=O) groups is 3. The number of non-ortho nitro benzene ring substituents is 1. The summed E-state index contributed by atoms with van der Waals surface area (Å²) in [6, 6.07) is 9.96. The average Bonchev–Trinajstić information content (AvgIpc) is 3.10. The van der Waals surface area contributed by atoms with Gasteiger partial charge in [0.2, 0.25) is 5.91 Å². The highest BCUT2D eigenvalue weighted by molar-refractivity contribution is 6.36. The van der Waals surface area contributed by atoms with Gasteiger partial charge in [-0.05, 0) is 30.3 Å². The fourth-order valence-electron chi connectivity index (χ4n) is 2.90. The predicted molar refractivity (Wildman–Crippen MR) is 110 cm³/mol. The molecular weight excluding hydrogens is 437 g/mol. The van der Waals surface area contributed by atoms with E-state index in [9.17, 15) is 24.5 Å². The minimum absolute atomic E-state index is 0.0557. The molecular formula is C19H15Cl2N3O6. The van der Waals surface area contributed by atoms with Crippen LogP contribution in [0.4, 0.5) is 17.1 Å². The molecule has 0 bridgehead atoms. The zero-order chi connectivity index (χ0) is 21.8. The van der Waals surface area contributed by atoms with Crippen molar-refractivity contribution < 1.29 is 24.0 Å². The molecule has 11 heteroatoms. The normalized spacial score (nSPS) is 15.7. The highest BCUT2D eigenvalue weighted by Crippen LogP contribution is 2.28. The highest BCUT2D eigenvalue weighted by Gasteiger charge is 2.36. The molecule has 1 aliphatic heterocycles. The number of esters is 1. The quantitative estimate of drug-likeness (QED) is 0.408. The second-order valence-electron chi connectivity index (χ2n) is 6.46. The number of carbonyl (C=O) groups excluding carboxylic acids is 3. The van der Waals surface area contributed by atoms with E-state index < -0.39 is 29.3 Å². The van der Waals surface area contributed by atoms with Crippen molar-refractivity contribution in [2.75, 3.05) is 23.4 Å². The third kappa shape index (κ3) is 5.05. The van der Waals surface area contributed by atoms with Crippen LogP contribution in [0.2, 0.25) is 10.0 Å². The van der Waals surface area contributed by atoms with Crippen LogP contribution in [0.25, 0.3) is 0 Å². The molecule has 1 heterocycles. The Morgan fingerprint density at radius 2 is 1.90 bits per heavy atom. The van der Waals surface area contributed by atoms with Crippen molar-refractivity contribution in [2.45, 2.75) is 6.42 Å². The molecule has 2 aromatic rings. The van der Waals surface area contributed by atoms with E-state index in [1.807, 2.05) is 0 Å². The molecule has 156 valence electrons. The molecule has 2 amide bonds. The molecule has 0 spiro atoms. The van der Waals surface area contributed by atoms with Gasteiger partial charge in [-0.15, -0.1) is 0 Å². The maximum Gasteiger partial charge on any atom is 0.311 e. The Labute approximate surface area is 180 Å². The number of nitro groups is 1. The van der Waals surface area contributed by atoms with Gasteiger partial charge in [-0.1, -0.05) is 23.2 Å². The van der Waals surface area contributed by atoms with Crippen LogP contribution in [0.5, 0.6) is 0 Å². The van der Waals surface area contributed by atoms with Gasteiger partial charge >= 0.3 is 5.97 Å². The topological polar surface area (TPSA) is 119 Å². The lowest BCUT2D eigenvalue weighted by Crippen LogP contribution is -2.28. The van der Waals surface area contributed by atoms with Crippen LogP contribution < -0.4 is 10.2 Å². The number of anilines is 2. The number of benzene rings is 2. The fourth-order valence-corrected chi connectivity index (χ4v) is 3.36. The zero-order valence-corrected chi connectivity index (χ0v) is 16.9. The monoisotopic (exact) mass is 451 g/mol. The van der Waals surface area contributed by atoms with Crippen LogP contribution in [-0.2, 0) is 19.1 Å². The van der Waals surface area contributed by atoms with E-state index >= 15 is 0 Å². The summed E-state index contributed by atoms with van der Waals surface area (Å²) >= 11 is 11.8. The van der Waals surface area contributed by atoms with Crippen LogP contribution in [0.3, 0.4) is 0 Å². The second-order valence-corrected chi connectivity index (χ2v) is 7.30. The van der Waals surface area contributed by atoms with Gasteiger partial charge in [0.1, 0.15) is 0 Å². The molecule has 1 fully saturated rings. The number of halogens is 2. The van der Waals surface area contributed by atoms with Gasteiger partial charge in [-0.25, -0.2) is 0 Å². The first-order valence-corrected chi connectivity index (χ1v) is 9.46. The molecule has 3 rings (SSSR count). The Morgan fingerprint density at radius 3 is 2.53 bits per heavy atom. The SMILES string of the molecule is O=C(COC(=O)[C@H]1CC(=O)N(c2ccc([N+](=O)[O-])cc2)C1)Nc1ccc(Cl)cc1Cl. The molecule has 1 saturated heterocycles. The number of hydrogen-bond acceptors (Lipinski definition) is 6. The minimum atomic E-state index is -0.750. The summed E-state index contributed by atoms with van der Waals surface area (Å²) in [4.78, 5) is 48.0. The van der Waals surface area contributed by atoms with Gasteiger partial charge in [0.05, 0.1) is 21.6 Å². The molecule has 30 heavy (non-hydrogen) atoms. The maximum atomic E-state index is 12.3. The number of nitrogens with zero attached hydrogens (tertiary/aromatic N) is 2. The smallest absolute Gasteiger partial charge is 0.311 e. The Bertz CT molecular complexity index is 1010. The van der Waals surface area contributed by atoms with E-state index in [0.717, 1.165) is 0 Å². The first-order valence-electron chi connectivity index (χ1n) is 8.71. The van der Waals surface area contributed by atoms with Crippen molar-refractivity contribution in [3.63, 3.8) is 0 Å². The first kappa shape index (κ1) is 21.5. The van der Waals surface area contributed by atoms with E-state index in [2.05, 4.69) is 5.32 Å². The Balaban J connectivity index is 1.54. The third-order valence-corrected chi connectivity index (χ3v) is 4.93. The summed E-state index contributed by atoms with van der Waals surface area (Å²) in [5.74, 6) is -2.35. The number of rotatable bonds is 6. The second kappa shape index (κ2) is 9.10. The summed E-state index contributed by atoms with van der Waals surface area (Å²) in [7, 11) is 0. The van der Waals surface area contributed by atoms with Crippen LogP contribution in [0.1, 0.15) is 6.42 Å². The number of amides is 2. The number of nitrogens with one attached hydrogen (secondary N) is 1. The van der Waals surface area contributed by atoms with Crippen molar-refractivity contribution in [2.24, 2.45) is 5.92 Å². The Morgan fingerprint density at radius 1 is 1.20 bits per heavy atom. The van der Waals surface area contributed by atoms with Gasteiger partial charge in [0, 0.05) is 35.8 Å². The van der Waals surface area contributed by atoms with Crippen LogP contribution in [0.15, 0.2) is 42.5 Å². The number of nitro benzene ring substituents is 1. The molecule has 0 unspecified atom stereocenters. The molecule has 9 nitrogen and oxygen atoms in total. The van der Waals surface area contributed by atoms with E-state index in [-0.39, 0.29) is 29.6 Å². The van der Waals surface area contributed by atoms with Gasteiger partial charge < -0.3 is 15.0 Å².